The van der Waals surface area contributed by atoms with Crippen LogP contribution in [0.5, 0.6) is 0 Å². The lowest BCUT2D eigenvalue weighted by atomic mass is 9.84. The number of rotatable bonds is 12. The Morgan fingerprint density at radius 1 is 0.860 bits per heavy atom. The van der Waals surface area contributed by atoms with E-state index in [0.717, 1.165) is 45.6 Å². The molecule has 9 heteroatoms. The van der Waals surface area contributed by atoms with Crippen molar-refractivity contribution in [3.8, 4) is 22.3 Å². The summed E-state index contributed by atoms with van der Waals surface area (Å²) < 4.78 is 36.7. The van der Waals surface area contributed by atoms with E-state index < -0.39 is 29.7 Å². The van der Waals surface area contributed by atoms with Crippen LogP contribution in [0.4, 0.5) is 13.6 Å². The Kier molecular flexibility index (Phi) is 10.2. The van der Waals surface area contributed by atoms with Crippen molar-refractivity contribution in [2.24, 2.45) is 5.41 Å². The first-order valence-electron chi connectivity index (χ1n) is 16.8. The number of carboxylic acid groups (broad SMARTS) is 1. The zero-order valence-corrected chi connectivity index (χ0v) is 28.3. The van der Waals surface area contributed by atoms with Gasteiger partial charge in [-0.3, -0.25) is 0 Å². The van der Waals surface area contributed by atoms with Gasteiger partial charge in [0.15, 0.2) is 0 Å². The van der Waals surface area contributed by atoms with E-state index in [9.17, 15) is 23.5 Å². The van der Waals surface area contributed by atoms with Crippen molar-refractivity contribution in [2.75, 3.05) is 13.2 Å². The van der Waals surface area contributed by atoms with Crippen LogP contribution in [-0.2, 0) is 16.1 Å². The van der Waals surface area contributed by atoms with E-state index in [1.807, 2.05) is 95.7 Å². The summed E-state index contributed by atoms with van der Waals surface area (Å²) in [5, 5.41) is 16.1. The van der Waals surface area contributed by atoms with Gasteiger partial charge in [0, 0.05) is 35.5 Å². The second kappa shape index (κ2) is 14.7. The van der Waals surface area contributed by atoms with E-state index in [-0.39, 0.29) is 42.5 Å². The summed E-state index contributed by atoms with van der Waals surface area (Å²) in [4.78, 5) is 25.2. The van der Waals surface area contributed by atoms with E-state index in [0.29, 0.717) is 12.1 Å². The van der Waals surface area contributed by atoms with Crippen molar-refractivity contribution < 1.29 is 28.2 Å². The number of aliphatic carboxylic acids is 1. The van der Waals surface area contributed by atoms with Crippen LogP contribution < -0.4 is 10.6 Å². The number of hydrogen-bond acceptors (Lipinski definition) is 4. The normalized spacial score (nSPS) is 13.7. The molecule has 3 N–H and O–H groups in total. The summed E-state index contributed by atoms with van der Waals surface area (Å²) in [7, 11) is 0. The average molecular weight is 678 g/mol. The summed E-state index contributed by atoms with van der Waals surface area (Å²) in [5.74, 6) is -2.39. The molecule has 0 saturated heterocycles. The topological polar surface area (TPSA) is 92.6 Å². The van der Waals surface area contributed by atoms with E-state index in [2.05, 4.69) is 31.4 Å². The van der Waals surface area contributed by atoms with Crippen molar-refractivity contribution in [3.63, 3.8) is 0 Å². The van der Waals surface area contributed by atoms with Gasteiger partial charge in [-0.15, -0.1) is 0 Å². The second-order valence-corrected chi connectivity index (χ2v) is 13.8. The first kappa shape index (κ1) is 34.6. The zero-order valence-electron chi connectivity index (χ0n) is 28.3. The van der Waals surface area contributed by atoms with Gasteiger partial charge < -0.3 is 25.0 Å². The van der Waals surface area contributed by atoms with Crippen LogP contribution in [0.3, 0.4) is 0 Å². The molecule has 0 spiro atoms. The fourth-order valence-electron chi connectivity index (χ4n) is 6.82. The van der Waals surface area contributed by atoms with Crippen LogP contribution in [0.25, 0.3) is 22.3 Å². The predicted molar refractivity (Wildman–Crippen MR) is 190 cm³/mol. The number of nitrogens with one attached hydrogen (secondary N) is 2. The Labute approximate surface area is 290 Å². The lowest BCUT2D eigenvalue weighted by Gasteiger charge is -2.33. The first-order valence-corrected chi connectivity index (χ1v) is 16.8. The van der Waals surface area contributed by atoms with Gasteiger partial charge in [0.1, 0.15) is 24.3 Å². The number of halogens is 2. The molecule has 5 aromatic rings. The number of benzene rings is 4. The fraction of sp³-hybridized carbons (Fsp3) is 0.268. The first-order chi connectivity index (χ1) is 24.0. The number of carbonyl (C=O) groups is 2. The molecule has 0 aliphatic heterocycles. The maximum atomic E-state index is 14.9. The van der Waals surface area contributed by atoms with Crippen molar-refractivity contribution in [3.05, 3.63) is 143 Å². The highest BCUT2D eigenvalue weighted by Gasteiger charge is 2.32. The number of carboxylic acids is 1. The smallest absolute Gasteiger partial charge is 0.407 e. The third-order valence-electron chi connectivity index (χ3n) is 9.24. The Morgan fingerprint density at radius 3 is 2.14 bits per heavy atom. The van der Waals surface area contributed by atoms with Crippen LogP contribution >= 0.6 is 0 Å². The molecule has 0 saturated carbocycles. The van der Waals surface area contributed by atoms with Gasteiger partial charge in [-0.2, -0.15) is 0 Å². The van der Waals surface area contributed by atoms with Gasteiger partial charge in [-0.25, -0.2) is 18.4 Å². The Hall–Kier alpha value is -5.28. The Morgan fingerprint density at radius 2 is 1.50 bits per heavy atom. The summed E-state index contributed by atoms with van der Waals surface area (Å²) in [6.45, 7) is 6.96. The van der Waals surface area contributed by atoms with Crippen LogP contribution in [0.15, 0.2) is 109 Å². The molecule has 7 nitrogen and oxygen atoms in total. The van der Waals surface area contributed by atoms with Crippen LogP contribution in [0.1, 0.15) is 61.5 Å². The molecular weight excluding hydrogens is 636 g/mol. The number of ether oxygens (including phenoxy) is 1. The van der Waals surface area contributed by atoms with Gasteiger partial charge in [-0.05, 0) is 70.5 Å². The molecule has 50 heavy (non-hydrogen) atoms. The van der Waals surface area contributed by atoms with Gasteiger partial charge in [0.05, 0.1) is 6.04 Å². The number of carbonyl (C=O) groups excluding carboxylic acids is 1. The molecule has 258 valence electrons. The lowest BCUT2D eigenvalue weighted by molar-refractivity contribution is -0.139. The molecule has 4 aromatic carbocycles. The quantitative estimate of drug-likeness (QED) is 0.123. The van der Waals surface area contributed by atoms with Crippen LogP contribution in [0, 0.1) is 17.0 Å². The highest BCUT2D eigenvalue weighted by Crippen LogP contribution is 2.44. The minimum atomic E-state index is -1.20. The van der Waals surface area contributed by atoms with E-state index in [1.165, 1.54) is 6.07 Å². The molecule has 1 aromatic heterocycles. The molecule has 1 aliphatic rings. The third-order valence-corrected chi connectivity index (χ3v) is 9.24. The van der Waals surface area contributed by atoms with Crippen molar-refractivity contribution in [1.29, 1.82) is 0 Å². The molecule has 1 aliphatic carbocycles. The lowest BCUT2D eigenvalue weighted by Crippen LogP contribution is -2.44. The maximum Gasteiger partial charge on any atom is 0.407 e. The zero-order chi connectivity index (χ0) is 35.4. The molecule has 1 heterocycles. The van der Waals surface area contributed by atoms with Gasteiger partial charge in [-0.1, -0.05) is 99.6 Å². The number of nitrogens with zero attached hydrogens (tertiary/aromatic N) is 1. The number of fused-ring (bicyclic) bond motifs is 3. The maximum absolute atomic E-state index is 14.9. The van der Waals surface area contributed by atoms with Crippen LogP contribution in [0.2, 0.25) is 0 Å². The minimum absolute atomic E-state index is 0.0726. The average Bonchev–Trinajstić information content (AvgIpc) is 3.64. The van der Waals surface area contributed by atoms with E-state index in [1.54, 1.807) is 0 Å². The summed E-state index contributed by atoms with van der Waals surface area (Å²) >= 11 is 0. The van der Waals surface area contributed by atoms with Crippen molar-refractivity contribution in [1.82, 2.24) is 15.2 Å². The molecule has 0 bridgehead atoms. The standard InChI is InChI=1S/C41H41F2N3O4/c1-41(2,3)38(37-21-27(33-22-28(42)17-18-35(33)43)24-46(37)23-26-11-5-4-6-12-26)44-20-19-36(39(47)48)45-40(49)50-25-34-31-15-9-7-13-29(31)30-14-8-10-16-32(30)34/h4-18,21-22,24,34,36,38,44H,19-20,23,25H2,1-3H3,(H,45,49)(H,47,48)/t36-,38-/m0/s1. The summed E-state index contributed by atoms with van der Waals surface area (Å²) in [6.07, 6.45) is 1.10. The predicted octanol–water partition coefficient (Wildman–Crippen LogP) is 8.54. The molecule has 2 atom stereocenters. The Bertz CT molecular complexity index is 1940. The van der Waals surface area contributed by atoms with E-state index >= 15 is 0 Å². The van der Waals surface area contributed by atoms with Gasteiger partial charge in [0.2, 0.25) is 0 Å². The highest BCUT2D eigenvalue weighted by atomic mass is 19.1. The third kappa shape index (κ3) is 7.63. The monoisotopic (exact) mass is 677 g/mol. The Balaban J connectivity index is 1.16. The number of hydrogen-bond donors (Lipinski definition) is 3. The number of alkyl carbamates (subject to hydrolysis) is 1. The second-order valence-electron chi connectivity index (χ2n) is 13.8. The molecule has 0 radical (unpaired) electrons. The fourth-order valence-corrected chi connectivity index (χ4v) is 6.82. The highest BCUT2D eigenvalue weighted by molar-refractivity contribution is 5.81. The SMILES string of the molecule is CC(C)(C)[C@@H](NCC[C@H](NC(=O)OCC1c2ccccc2-c2ccccc21)C(=O)O)c1cc(-c2cc(F)ccc2F)cn1Cc1ccccc1. The van der Waals surface area contributed by atoms with Gasteiger partial charge >= 0.3 is 12.1 Å². The summed E-state index contributed by atoms with van der Waals surface area (Å²) in [6, 6.07) is 29.6. The van der Waals surface area contributed by atoms with Gasteiger partial charge in [0.25, 0.3) is 0 Å². The molecule has 1 amide bonds. The largest absolute Gasteiger partial charge is 0.480 e. The van der Waals surface area contributed by atoms with Crippen molar-refractivity contribution >= 4 is 12.1 Å². The molecule has 0 unspecified atom stereocenters. The molecular formula is C41H41F2N3O4. The van der Waals surface area contributed by atoms with Crippen LogP contribution in [-0.4, -0.2) is 40.9 Å². The number of amides is 1. The summed E-state index contributed by atoms with van der Waals surface area (Å²) in [5.41, 5.74) is 6.50. The number of aromatic nitrogens is 1. The van der Waals surface area contributed by atoms with Crippen molar-refractivity contribution in [2.45, 2.75) is 51.7 Å². The molecule has 0 fully saturated rings. The molecule has 6 rings (SSSR count). The van der Waals surface area contributed by atoms with E-state index in [4.69, 9.17) is 4.74 Å². The minimum Gasteiger partial charge on any atom is -0.480 e.